The fourth-order valence-electron chi connectivity index (χ4n) is 4.05. The summed E-state index contributed by atoms with van der Waals surface area (Å²) in [5.74, 6) is 1.29. The summed E-state index contributed by atoms with van der Waals surface area (Å²) < 4.78 is 2.47. The molecule has 1 aliphatic rings. The highest BCUT2D eigenvalue weighted by atomic mass is 32.1. The number of nitrogens with zero attached hydrogens (tertiary/aromatic N) is 3. The highest BCUT2D eigenvalue weighted by molar-refractivity contribution is 7.71. The van der Waals surface area contributed by atoms with E-state index in [0.717, 1.165) is 42.9 Å². The summed E-state index contributed by atoms with van der Waals surface area (Å²) in [6.07, 6.45) is 4.94. The van der Waals surface area contributed by atoms with Gasteiger partial charge >= 0.3 is 0 Å². The zero-order valence-corrected chi connectivity index (χ0v) is 18.2. The third-order valence-electron chi connectivity index (χ3n) is 5.16. The number of hydrogen-bond donors (Lipinski definition) is 2. The maximum absolute atomic E-state index is 12.6. The number of carbonyl (C=O) groups excluding carboxylic acids is 1. The van der Waals surface area contributed by atoms with Gasteiger partial charge in [-0.2, -0.15) is 0 Å². The molecule has 1 aliphatic heterocycles. The molecule has 0 spiro atoms. The molecule has 3 heterocycles. The van der Waals surface area contributed by atoms with Crippen LogP contribution in [0, 0.1) is 16.6 Å². The minimum absolute atomic E-state index is 0.157. The molecule has 2 atom stereocenters. The summed E-state index contributed by atoms with van der Waals surface area (Å²) in [4.78, 5) is 22.6. The molecule has 1 amide bonds. The second-order valence-electron chi connectivity index (χ2n) is 7.92. The molecule has 8 heteroatoms. The van der Waals surface area contributed by atoms with Crippen LogP contribution < -0.4 is 5.32 Å². The van der Waals surface area contributed by atoms with Gasteiger partial charge in [0.05, 0.1) is 5.69 Å². The van der Waals surface area contributed by atoms with Crippen molar-refractivity contribution in [2.24, 2.45) is 11.8 Å². The molecule has 0 saturated carbocycles. The van der Waals surface area contributed by atoms with Crippen molar-refractivity contribution in [1.82, 2.24) is 19.4 Å². The molecule has 3 aromatic rings. The first kappa shape index (κ1) is 20.0. The Morgan fingerprint density at radius 1 is 1.28 bits per heavy atom. The zero-order chi connectivity index (χ0) is 20.4. The summed E-state index contributed by atoms with van der Waals surface area (Å²) in [5, 5.41) is 5.59. The highest BCUT2D eigenvalue weighted by Crippen LogP contribution is 2.24. The zero-order valence-electron chi connectivity index (χ0n) is 16.6. The van der Waals surface area contributed by atoms with Crippen LogP contribution in [-0.4, -0.2) is 38.4 Å². The van der Waals surface area contributed by atoms with Crippen molar-refractivity contribution in [2.75, 3.05) is 18.4 Å². The molecular formula is C21H25N5OS2. The first-order valence-corrected chi connectivity index (χ1v) is 11.1. The van der Waals surface area contributed by atoms with Crippen LogP contribution in [0.25, 0.3) is 5.69 Å². The number of anilines is 1. The molecule has 4 rings (SSSR count). The van der Waals surface area contributed by atoms with Gasteiger partial charge in [-0.05, 0) is 54.7 Å². The Labute approximate surface area is 179 Å². The van der Waals surface area contributed by atoms with E-state index in [-0.39, 0.29) is 5.91 Å². The number of carbonyl (C=O) groups is 1. The quantitative estimate of drug-likeness (QED) is 0.578. The molecule has 152 valence electrons. The summed E-state index contributed by atoms with van der Waals surface area (Å²) in [6.45, 7) is 7.69. The molecule has 29 heavy (non-hydrogen) atoms. The Morgan fingerprint density at radius 3 is 2.66 bits per heavy atom. The van der Waals surface area contributed by atoms with Gasteiger partial charge in [0.2, 0.25) is 0 Å². The average Bonchev–Trinajstić information content (AvgIpc) is 3.30. The Hall–Kier alpha value is -2.29. The monoisotopic (exact) mass is 427 g/mol. The molecule has 1 fully saturated rings. The van der Waals surface area contributed by atoms with Crippen LogP contribution in [0.2, 0.25) is 0 Å². The molecule has 0 aliphatic carbocycles. The van der Waals surface area contributed by atoms with Gasteiger partial charge in [0.1, 0.15) is 0 Å². The minimum Gasteiger partial charge on any atom is -0.337 e. The second-order valence-corrected chi connectivity index (χ2v) is 9.17. The van der Waals surface area contributed by atoms with E-state index in [0.29, 0.717) is 15.5 Å². The highest BCUT2D eigenvalue weighted by Gasteiger charge is 2.22. The van der Waals surface area contributed by atoms with E-state index >= 15 is 0 Å². The Kier molecular flexibility index (Phi) is 5.94. The van der Waals surface area contributed by atoms with Gasteiger partial charge in [-0.15, -0.1) is 11.3 Å². The van der Waals surface area contributed by atoms with Crippen molar-refractivity contribution in [3.8, 4) is 5.69 Å². The van der Waals surface area contributed by atoms with E-state index in [2.05, 4.69) is 34.0 Å². The van der Waals surface area contributed by atoms with Gasteiger partial charge in [-0.3, -0.25) is 19.6 Å². The average molecular weight is 428 g/mol. The van der Waals surface area contributed by atoms with Crippen molar-refractivity contribution in [1.29, 1.82) is 0 Å². The lowest BCUT2D eigenvalue weighted by molar-refractivity contribution is 0.102. The molecular weight excluding hydrogens is 402 g/mol. The van der Waals surface area contributed by atoms with Gasteiger partial charge in [-0.25, -0.2) is 4.98 Å². The van der Waals surface area contributed by atoms with Gasteiger partial charge in [0.25, 0.3) is 5.91 Å². The van der Waals surface area contributed by atoms with Gasteiger partial charge < -0.3 is 4.98 Å². The van der Waals surface area contributed by atoms with Gasteiger partial charge in [-0.1, -0.05) is 13.8 Å². The van der Waals surface area contributed by atoms with E-state index in [1.807, 2.05) is 28.3 Å². The molecule has 1 saturated heterocycles. The van der Waals surface area contributed by atoms with Gasteiger partial charge in [0, 0.05) is 48.7 Å². The number of aromatic amines is 1. The van der Waals surface area contributed by atoms with Crippen LogP contribution in [0.15, 0.2) is 42.0 Å². The number of thiazole rings is 1. The van der Waals surface area contributed by atoms with E-state index in [9.17, 15) is 4.79 Å². The number of likely N-dealkylation sites (tertiary alicyclic amines) is 1. The number of benzene rings is 1. The van der Waals surface area contributed by atoms with Crippen molar-refractivity contribution in [3.05, 3.63) is 58.1 Å². The molecule has 2 N–H and O–H groups in total. The number of piperidine rings is 1. The lowest BCUT2D eigenvalue weighted by atomic mass is 9.92. The predicted octanol–water partition coefficient (Wildman–Crippen LogP) is 4.72. The van der Waals surface area contributed by atoms with Crippen molar-refractivity contribution in [2.45, 2.75) is 26.8 Å². The fraction of sp³-hybridized carbons (Fsp3) is 0.381. The van der Waals surface area contributed by atoms with Crippen LogP contribution >= 0.6 is 23.6 Å². The Bertz CT molecular complexity index is 1030. The largest absolute Gasteiger partial charge is 0.337 e. The SMILES string of the molecule is C[C@H]1C[C@H](C)CN(Cc2csc(NC(=O)c3ccc(-n4cc[nH]c4=S)cc3)n2)C1. The van der Waals surface area contributed by atoms with Gasteiger partial charge in [0.15, 0.2) is 9.90 Å². The molecule has 0 bridgehead atoms. The lowest BCUT2D eigenvalue weighted by Gasteiger charge is -2.34. The van der Waals surface area contributed by atoms with E-state index in [4.69, 9.17) is 12.2 Å². The standard InChI is InChI=1S/C21H25N5OS2/c1-14-9-15(2)11-25(10-14)12-17-13-29-20(23-17)24-19(27)16-3-5-18(6-4-16)26-8-7-22-21(26)28/h3-8,13-15H,9-12H2,1-2H3,(H,22,28)(H,23,24,27)/t14-,15-/m0/s1. The molecule has 0 unspecified atom stereocenters. The smallest absolute Gasteiger partial charge is 0.257 e. The van der Waals surface area contributed by atoms with Crippen LogP contribution in [0.1, 0.15) is 36.3 Å². The number of imidazole rings is 1. The Balaban J connectivity index is 1.38. The van der Waals surface area contributed by atoms with Crippen LogP contribution in [0.4, 0.5) is 5.13 Å². The molecule has 0 radical (unpaired) electrons. The van der Waals surface area contributed by atoms with E-state index < -0.39 is 0 Å². The molecule has 2 aromatic heterocycles. The first-order valence-electron chi connectivity index (χ1n) is 9.82. The van der Waals surface area contributed by atoms with Crippen molar-refractivity contribution in [3.63, 3.8) is 0 Å². The van der Waals surface area contributed by atoms with E-state index in [1.54, 1.807) is 18.3 Å². The second kappa shape index (κ2) is 8.61. The fourth-order valence-corrected chi connectivity index (χ4v) is 4.98. The summed E-state index contributed by atoms with van der Waals surface area (Å²) in [5.41, 5.74) is 2.52. The summed E-state index contributed by atoms with van der Waals surface area (Å²) in [7, 11) is 0. The van der Waals surface area contributed by atoms with E-state index in [1.165, 1.54) is 17.8 Å². The molecule has 6 nitrogen and oxygen atoms in total. The maximum Gasteiger partial charge on any atom is 0.257 e. The summed E-state index contributed by atoms with van der Waals surface area (Å²) in [6, 6.07) is 7.35. The van der Waals surface area contributed by atoms with Crippen LogP contribution in [0.5, 0.6) is 0 Å². The third kappa shape index (κ3) is 4.83. The lowest BCUT2D eigenvalue weighted by Crippen LogP contribution is -2.38. The number of nitrogens with one attached hydrogen (secondary N) is 2. The number of hydrogen-bond acceptors (Lipinski definition) is 5. The number of H-pyrrole nitrogens is 1. The van der Waals surface area contributed by atoms with Crippen molar-refractivity contribution < 1.29 is 4.79 Å². The predicted molar refractivity (Wildman–Crippen MR) is 119 cm³/mol. The minimum atomic E-state index is -0.157. The summed E-state index contributed by atoms with van der Waals surface area (Å²) >= 11 is 6.70. The van der Waals surface area contributed by atoms with Crippen LogP contribution in [-0.2, 0) is 6.54 Å². The number of amides is 1. The van der Waals surface area contributed by atoms with Crippen LogP contribution in [0.3, 0.4) is 0 Å². The first-order chi connectivity index (χ1) is 14.0. The Morgan fingerprint density at radius 2 is 2.00 bits per heavy atom. The maximum atomic E-state index is 12.6. The third-order valence-corrected chi connectivity index (χ3v) is 6.28. The number of aromatic nitrogens is 3. The van der Waals surface area contributed by atoms with Crippen molar-refractivity contribution >= 4 is 34.6 Å². The topological polar surface area (TPSA) is 66.0 Å². The number of rotatable bonds is 5. The normalized spacial score (nSPS) is 19.9. The molecule has 1 aromatic carbocycles.